The van der Waals surface area contributed by atoms with Crippen LogP contribution in [-0.2, 0) is 5.41 Å². The van der Waals surface area contributed by atoms with Gasteiger partial charge in [0.1, 0.15) is 16.1 Å². The Kier molecular flexibility index (Phi) is 3.32. The number of hydrogen-bond donors (Lipinski definition) is 0. The summed E-state index contributed by atoms with van der Waals surface area (Å²) in [4.78, 5) is 8.93. The SMILES string of the molecule is CC(C)(C)c1nc(Br)cc(-c2cc3cccc(F)c3o2)n1. The van der Waals surface area contributed by atoms with Crippen molar-refractivity contribution in [1.82, 2.24) is 9.97 Å². The van der Waals surface area contributed by atoms with E-state index in [1.54, 1.807) is 18.2 Å². The van der Waals surface area contributed by atoms with Crippen LogP contribution in [0.3, 0.4) is 0 Å². The summed E-state index contributed by atoms with van der Waals surface area (Å²) >= 11 is 3.39. The lowest BCUT2D eigenvalue weighted by Gasteiger charge is -2.17. The van der Waals surface area contributed by atoms with Crippen molar-refractivity contribution in [2.45, 2.75) is 26.2 Å². The summed E-state index contributed by atoms with van der Waals surface area (Å²) in [7, 11) is 0. The van der Waals surface area contributed by atoms with Crippen molar-refractivity contribution in [1.29, 1.82) is 0 Å². The number of benzene rings is 1. The third-order valence-electron chi connectivity index (χ3n) is 3.11. The van der Waals surface area contributed by atoms with Crippen LogP contribution in [-0.4, -0.2) is 9.97 Å². The largest absolute Gasteiger partial charge is 0.451 e. The highest BCUT2D eigenvalue weighted by atomic mass is 79.9. The van der Waals surface area contributed by atoms with E-state index in [0.717, 1.165) is 5.39 Å². The molecule has 0 aliphatic carbocycles. The molecule has 0 aliphatic heterocycles. The molecule has 0 spiro atoms. The van der Waals surface area contributed by atoms with Gasteiger partial charge in [0.2, 0.25) is 0 Å². The lowest BCUT2D eigenvalue weighted by Crippen LogP contribution is -2.16. The van der Waals surface area contributed by atoms with Crippen molar-refractivity contribution < 1.29 is 8.81 Å². The minimum atomic E-state index is -0.372. The second-order valence-corrected chi connectivity index (χ2v) is 6.73. The first kappa shape index (κ1) is 14.2. The Morgan fingerprint density at radius 2 is 1.90 bits per heavy atom. The van der Waals surface area contributed by atoms with Gasteiger partial charge in [0.25, 0.3) is 0 Å². The maximum atomic E-state index is 13.7. The zero-order valence-electron chi connectivity index (χ0n) is 11.9. The summed E-state index contributed by atoms with van der Waals surface area (Å²) < 4.78 is 20.0. The van der Waals surface area contributed by atoms with Gasteiger partial charge >= 0.3 is 0 Å². The third kappa shape index (κ3) is 2.70. The zero-order valence-corrected chi connectivity index (χ0v) is 13.5. The fraction of sp³-hybridized carbons (Fsp3) is 0.250. The number of para-hydroxylation sites is 1. The molecule has 0 saturated heterocycles. The molecule has 3 nitrogen and oxygen atoms in total. The molecule has 0 unspecified atom stereocenters. The van der Waals surface area contributed by atoms with E-state index in [0.29, 0.717) is 21.9 Å². The minimum absolute atomic E-state index is 0.185. The van der Waals surface area contributed by atoms with Crippen molar-refractivity contribution in [2.75, 3.05) is 0 Å². The molecule has 5 heteroatoms. The van der Waals surface area contributed by atoms with Crippen LogP contribution in [0.15, 0.2) is 39.4 Å². The van der Waals surface area contributed by atoms with E-state index in [4.69, 9.17) is 4.42 Å². The van der Waals surface area contributed by atoms with Gasteiger partial charge in [-0.3, -0.25) is 0 Å². The van der Waals surface area contributed by atoms with Crippen LogP contribution in [0.2, 0.25) is 0 Å². The minimum Gasteiger partial charge on any atom is -0.451 e. The average molecular weight is 349 g/mol. The van der Waals surface area contributed by atoms with Gasteiger partial charge in [0.05, 0.1) is 0 Å². The topological polar surface area (TPSA) is 38.9 Å². The van der Waals surface area contributed by atoms with Crippen molar-refractivity contribution in [3.8, 4) is 11.5 Å². The van der Waals surface area contributed by atoms with Gasteiger partial charge in [-0.2, -0.15) is 0 Å². The maximum absolute atomic E-state index is 13.7. The molecule has 0 atom stereocenters. The fourth-order valence-electron chi connectivity index (χ4n) is 2.03. The quantitative estimate of drug-likeness (QED) is 0.575. The van der Waals surface area contributed by atoms with Crippen molar-refractivity contribution in [3.63, 3.8) is 0 Å². The molecule has 1 aromatic carbocycles. The summed E-state index contributed by atoms with van der Waals surface area (Å²) in [6, 6.07) is 8.41. The lowest BCUT2D eigenvalue weighted by molar-refractivity contribution is 0.539. The molecule has 0 fully saturated rings. The van der Waals surface area contributed by atoms with E-state index in [1.165, 1.54) is 6.07 Å². The van der Waals surface area contributed by atoms with Crippen molar-refractivity contribution >= 4 is 26.9 Å². The average Bonchev–Trinajstić information content (AvgIpc) is 2.82. The molecule has 0 saturated carbocycles. The highest BCUT2D eigenvalue weighted by Gasteiger charge is 2.20. The number of hydrogen-bond acceptors (Lipinski definition) is 3. The van der Waals surface area contributed by atoms with Gasteiger partial charge in [-0.1, -0.05) is 32.9 Å². The molecule has 0 amide bonds. The monoisotopic (exact) mass is 348 g/mol. The molecule has 108 valence electrons. The number of rotatable bonds is 1. The molecule has 0 radical (unpaired) electrons. The van der Waals surface area contributed by atoms with E-state index in [9.17, 15) is 4.39 Å². The first-order chi connectivity index (χ1) is 9.84. The fourth-order valence-corrected chi connectivity index (χ4v) is 2.42. The molecule has 3 rings (SSSR count). The zero-order chi connectivity index (χ0) is 15.2. The van der Waals surface area contributed by atoms with Gasteiger partial charge < -0.3 is 4.42 Å². The lowest BCUT2D eigenvalue weighted by atomic mass is 9.95. The highest BCUT2D eigenvalue weighted by Crippen LogP contribution is 2.30. The van der Waals surface area contributed by atoms with E-state index >= 15 is 0 Å². The van der Waals surface area contributed by atoms with Crippen LogP contribution in [0.25, 0.3) is 22.4 Å². The van der Waals surface area contributed by atoms with Crippen LogP contribution in [0.4, 0.5) is 4.39 Å². The standard InChI is InChI=1S/C16H14BrFN2O/c1-16(2,3)15-19-11(8-13(17)20-15)12-7-9-5-4-6-10(18)14(9)21-12/h4-8H,1-3H3. The Labute approximate surface area is 130 Å². The normalized spacial score (nSPS) is 12.0. The predicted molar refractivity (Wildman–Crippen MR) is 83.6 cm³/mol. The number of aromatic nitrogens is 2. The summed E-state index contributed by atoms with van der Waals surface area (Å²) in [5.74, 6) is 0.861. The van der Waals surface area contributed by atoms with Crippen LogP contribution in [0.1, 0.15) is 26.6 Å². The Morgan fingerprint density at radius 1 is 1.14 bits per heavy atom. The Morgan fingerprint density at radius 3 is 2.57 bits per heavy atom. The Hall–Kier alpha value is -1.75. The first-order valence-electron chi connectivity index (χ1n) is 6.58. The third-order valence-corrected chi connectivity index (χ3v) is 3.52. The van der Waals surface area contributed by atoms with Gasteiger partial charge in [0.15, 0.2) is 17.2 Å². The number of halogens is 2. The number of nitrogens with zero attached hydrogens (tertiary/aromatic N) is 2. The van der Waals surface area contributed by atoms with Crippen molar-refractivity contribution in [3.05, 3.63) is 46.6 Å². The van der Waals surface area contributed by atoms with Crippen LogP contribution in [0, 0.1) is 5.82 Å². The number of furan rings is 1. The highest BCUT2D eigenvalue weighted by molar-refractivity contribution is 9.10. The Balaban J connectivity index is 2.18. The molecule has 21 heavy (non-hydrogen) atoms. The molecular formula is C16H14BrFN2O. The van der Waals surface area contributed by atoms with Crippen LogP contribution in [0.5, 0.6) is 0 Å². The second-order valence-electron chi connectivity index (χ2n) is 5.92. The molecular weight excluding hydrogens is 335 g/mol. The summed E-state index contributed by atoms with van der Waals surface area (Å²) in [5.41, 5.74) is 0.701. The first-order valence-corrected chi connectivity index (χ1v) is 7.37. The summed E-state index contributed by atoms with van der Waals surface area (Å²) in [6.45, 7) is 6.12. The predicted octanol–water partition coefficient (Wildman–Crippen LogP) is 5.09. The van der Waals surface area contributed by atoms with Gasteiger partial charge in [-0.15, -0.1) is 0 Å². The van der Waals surface area contributed by atoms with E-state index in [2.05, 4.69) is 25.9 Å². The molecule has 2 aromatic heterocycles. The summed E-state index contributed by atoms with van der Waals surface area (Å²) in [6.07, 6.45) is 0. The second kappa shape index (κ2) is 4.91. The van der Waals surface area contributed by atoms with Crippen LogP contribution >= 0.6 is 15.9 Å². The van der Waals surface area contributed by atoms with Gasteiger partial charge in [-0.25, -0.2) is 14.4 Å². The van der Waals surface area contributed by atoms with E-state index in [1.807, 2.05) is 26.8 Å². The van der Waals surface area contributed by atoms with E-state index in [-0.39, 0.29) is 16.8 Å². The smallest absolute Gasteiger partial charge is 0.170 e. The van der Waals surface area contributed by atoms with Gasteiger partial charge in [-0.05, 0) is 28.1 Å². The molecule has 0 N–H and O–H groups in total. The van der Waals surface area contributed by atoms with Crippen LogP contribution < -0.4 is 0 Å². The summed E-state index contributed by atoms with van der Waals surface area (Å²) in [5, 5.41) is 0.719. The molecule has 2 heterocycles. The Bertz CT molecular complexity index is 821. The number of fused-ring (bicyclic) bond motifs is 1. The van der Waals surface area contributed by atoms with Gasteiger partial charge in [0, 0.05) is 16.9 Å². The maximum Gasteiger partial charge on any atom is 0.170 e. The van der Waals surface area contributed by atoms with E-state index < -0.39 is 0 Å². The molecule has 3 aromatic rings. The molecule has 0 bridgehead atoms. The molecule has 0 aliphatic rings. The van der Waals surface area contributed by atoms with Crippen molar-refractivity contribution in [2.24, 2.45) is 0 Å².